The zero-order chi connectivity index (χ0) is 23.3. The van der Waals surface area contributed by atoms with Crippen LogP contribution in [-0.2, 0) is 6.42 Å². The fourth-order valence-electron chi connectivity index (χ4n) is 3.99. The molecule has 6 nitrogen and oxygen atoms in total. The molecular formula is C28H24N4O2. The van der Waals surface area contributed by atoms with E-state index in [0.717, 1.165) is 38.9 Å². The number of carbonyl (C=O) groups excluding carboxylic acids is 1. The van der Waals surface area contributed by atoms with Crippen LogP contribution in [0.5, 0.6) is 5.75 Å². The molecule has 6 heteroatoms. The number of H-pyrrole nitrogens is 1. The average molecular weight is 449 g/mol. The number of ether oxygens (including phenoxy) is 1. The molecule has 1 amide bonds. The Labute approximate surface area is 197 Å². The van der Waals surface area contributed by atoms with Crippen molar-refractivity contribution in [3.05, 3.63) is 107 Å². The third-order valence-electron chi connectivity index (χ3n) is 5.60. The SMILES string of the molecule is CCOc1ccc2ccccc2c1/C=N\NC(=O)c1ccc2nc(Cc3ccccc3)[nH]c2c1. The highest BCUT2D eigenvalue weighted by Gasteiger charge is 2.10. The van der Waals surface area contributed by atoms with Crippen LogP contribution in [0.15, 0.2) is 90.0 Å². The van der Waals surface area contributed by atoms with Gasteiger partial charge in [-0.25, -0.2) is 10.4 Å². The molecule has 0 aliphatic carbocycles. The first-order valence-corrected chi connectivity index (χ1v) is 11.2. The summed E-state index contributed by atoms with van der Waals surface area (Å²) in [5.74, 6) is 1.29. The molecule has 34 heavy (non-hydrogen) atoms. The fourth-order valence-corrected chi connectivity index (χ4v) is 3.99. The van der Waals surface area contributed by atoms with Gasteiger partial charge in [-0.1, -0.05) is 60.7 Å². The van der Waals surface area contributed by atoms with E-state index in [9.17, 15) is 4.79 Å². The first-order valence-electron chi connectivity index (χ1n) is 11.2. The average Bonchev–Trinajstić information content (AvgIpc) is 3.27. The Bertz CT molecular complexity index is 1490. The van der Waals surface area contributed by atoms with Crippen LogP contribution in [0, 0.1) is 0 Å². The van der Waals surface area contributed by atoms with E-state index in [0.29, 0.717) is 18.6 Å². The minimum Gasteiger partial charge on any atom is -0.493 e. The summed E-state index contributed by atoms with van der Waals surface area (Å²) in [6, 6.07) is 27.5. The van der Waals surface area contributed by atoms with Gasteiger partial charge in [-0.05, 0) is 47.5 Å². The molecule has 1 aromatic heterocycles. The largest absolute Gasteiger partial charge is 0.493 e. The standard InChI is InChI=1S/C28H24N4O2/c1-2-34-26-15-13-20-10-6-7-11-22(20)23(26)18-29-32-28(33)21-12-14-24-25(17-21)31-27(30-24)16-19-8-4-3-5-9-19/h3-15,17-18H,2,16H2,1H3,(H,30,31)(H,32,33)/b29-18-. The van der Waals surface area contributed by atoms with E-state index in [2.05, 4.69) is 32.6 Å². The number of hydrazone groups is 1. The monoisotopic (exact) mass is 448 g/mol. The molecule has 2 N–H and O–H groups in total. The van der Waals surface area contributed by atoms with Gasteiger partial charge in [0.2, 0.25) is 0 Å². The Morgan fingerprint density at radius 2 is 1.85 bits per heavy atom. The lowest BCUT2D eigenvalue weighted by atomic mass is 10.0. The molecule has 5 rings (SSSR count). The van der Waals surface area contributed by atoms with Crippen molar-refractivity contribution in [3.8, 4) is 5.75 Å². The lowest BCUT2D eigenvalue weighted by Crippen LogP contribution is -2.17. The van der Waals surface area contributed by atoms with Gasteiger partial charge in [0.15, 0.2) is 0 Å². The Morgan fingerprint density at radius 1 is 1.03 bits per heavy atom. The number of fused-ring (bicyclic) bond motifs is 2. The number of aromatic nitrogens is 2. The second-order valence-corrected chi connectivity index (χ2v) is 7.91. The predicted octanol–water partition coefficient (Wildman–Crippen LogP) is 5.47. The highest BCUT2D eigenvalue weighted by molar-refractivity contribution is 6.03. The molecule has 5 aromatic rings. The van der Waals surface area contributed by atoms with Crippen LogP contribution >= 0.6 is 0 Å². The Balaban J connectivity index is 1.34. The van der Waals surface area contributed by atoms with Crippen molar-refractivity contribution >= 4 is 33.9 Å². The lowest BCUT2D eigenvalue weighted by molar-refractivity contribution is 0.0955. The molecule has 0 spiro atoms. The minimum atomic E-state index is -0.296. The number of nitrogens with one attached hydrogen (secondary N) is 2. The first kappa shape index (κ1) is 21.4. The maximum Gasteiger partial charge on any atom is 0.271 e. The van der Waals surface area contributed by atoms with Crippen LogP contribution in [0.2, 0.25) is 0 Å². The van der Waals surface area contributed by atoms with E-state index in [-0.39, 0.29) is 5.91 Å². The van der Waals surface area contributed by atoms with E-state index >= 15 is 0 Å². The predicted molar refractivity (Wildman–Crippen MR) is 136 cm³/mol. The van der Waals surface area contributed by atoms with E-state index in [1.165, 1.54) is 5.56 Å². The van der Waals surface area contributed by atoms with Gasteiger partial charge in [-0.15, -0.1) is 0 Å². The van der Waals surface area contributed by atoms with Gasteiger partial charge in [-0.3, -0.25) is 4.79 Å². The van der Waals surface area contributed by atoms with Gasteiger partial charge in [-0.2, -0.15) is 5.10 Å². The Hall–Kier alpha value is -4.45. The van der Waals surface area contributed by atoms with Gasteiger partial charge in [0, 0.05) is 17.5 Å². The van der Waals surface area contributed by atoms with Crippen molar-refractivity contribution in [1.29, 1.82) is 0 Å². The summed E-state index contributed by atoms with van der Waals surface area (Å²) in [7, 11) is 0. The quantitative estimate of drug-likeness (QED) is 0.256. The fraction of sp³-hybridized carbons (Fsp3) is 0.107. The van der Waals surface area contributed by atoms with Crippen LogP contribution < -0.4 is 10.2 Å². The molecule has 0 unspecified atom stereocenters. The molecule has 0 saturated carbocycles. The van der Waals surface area contributed by atoms with Gasteiger partial charge in [0.25, 0.3) is 5.91 Å². The Morgan fingerprint density at radius 3 is 2.71 bits per heavy atom. The number of rotatable bonds is 7. The summed E-state index contributed by atoms with van der Waals surface area (Å²) < 4.78 is 5.77. The molecule has 1 heterocycles. The summed E-state index contributed by atoms with van der Waals surface area (Å²) in [5.41, 5.74) is 6.78. The zero-order valence-electron chi connectivity index (χ0n) is 18.8. The molecular weight excluding hydrogens is 424 g/mol. The van der Waals surface area contributed by atoms with E-state index in [1.54, 1.807) is 18.3 Å². The molecule has 0 bridgehead atoms. The highest BCUT2D eigenvalue weighted by atomic mass is 16.5. The molecule has 0 aliphatic rings. The van der Waals surface area contributed by atoms with Crippen molar-refractivity contribution in [2.45, 2.75) is 13.3 Å². The molecule has 0 aliphatic heterocycles. The normalized spacial score (nSPS) is 11.3. The van der Waals surface area contributed by atoms with Crippen molar-refractivity contribution < 1.29 is 9.53 Å². The number of benzene rings is 4. The van der Waals surface area contributed by atoms with E-state index in [4.69, 9.17) is 4.74 Å². The van der Waals surface area contributed by atoms with Crippen molar-refractivity contribution in [2.24, 2.45) is 5.10 Å². The maximum absolute atomic E-state index is 12.8. The number of amides is 1. The summed E-state index contributed by atoms with van der Waals surface area (Å²) in [6.45, 7) is 2.48. The topological polar surface area (TPSA) is 79.4 Å². The smallest absolute Gasteiger partial charge is 0.271 e. The third kappa shape index (κ3) is 4.52. The third-order valence-corrected chi connectivity index (χ3v) is 5.60. The number of aromatic amines is 1. The molecule has 0 fully saturated rings. The molecule has 4 aromatic carbocycles. The van der Waals surface area contributed by atoms with E-state index in [1.807, 2.05) is 67.6 Å². The highest BCUT2D eigenvalue weighted by Crippen LogP contribution is 2.26. The lowest BCUT2D eigenvalue weighted by Gasteiger charge is -2.10. The maximum atomic E-state index is 12.8. The summed E-state index contributed by atoms with van der Waals surface area (Å²) >= 11 is 0. The van der Waals surface area contributed by atoms with Gasteiger partial charge in [0.1, 0.15) is 11.6 Å². The zero-order valence-corrected chi connectivity index (χ0v) is 18.8. The second-order valence-electron chi connectivity index (χ2n) is 7.91. The minimum absolute atomic E-state index is 0.296. The summed E-state index contributed by atoms with van der Waals surface area (Å²) in [5, 5.41) is 6.31. The molecule has 168 valence electrons. The van der Waals surface area contributed by atoms with Crippen LogP contribution in [-0.4, -0.2) is 28.7 Å². The van der Waals surface area contributed by atoms with Gasteiger partial charge >= 0.3 is 0 Å². The first-order chi connectivity index (χ1) is 16.7. The number of hydrogen-bond acceptors (Lipinski definition) is 4. The molecule has 0 radical (unpaired) electrons. The number of nitrogens with zero attached hydrogens (tertiary/aromatic N) is 2. The molecule has 0 atom stereocenters. The van der Waals surface area contributed by atoms with Crippen LogP contribution in [0.3, 0.4) is 0 Å². The number of carbonyl (C=O) groups is 1. The summed E-state index contributed by atoms with van der Waals surface area (Å²) in [6.07, 6.45) is 2.34. The van der Waals surface area contributed by atoms with Crippen molar-refractivity contribution in [3.63, 3.8) is 0 Å². The van der Waals surface area contributed by atoms with Crippen LogP contribution in [0.1, 0.15) is 34.2 Å². The number of hydrogen-bond donors (Lipinski definition) is 2. The van der Waals surface area contributed by atoms with Crippen molar-refractivity contribution in [1.82, 2.24) is 15.4 Å². The van der Waals surface area contributed by atoms with Gasteiger partial charge in [0.05, 0.1) is 23.9 Å². The molecule has 0 saturated heterocycles. The van der Waals surface area contributed by atoms with Crippen molar-refractivity contribution in [2.75, 3.05) is 6.61 Å². The number of imidazole rings is 1. The second kappa shape index (κ2) is 9.58. The summed E-state index contributed by atoms with van der Waals surface area (Å²) in [4.78, 5) is 20.7. The van der Waals surface area contributed by atoms with E-state index < -0.39 is 0 Å². The van der Waals surface area contributed by atoms with Crippen LogP contribution in [0.4, 0.5) is 0 Å². The Kier molecular flexibility index (Phi) is 6.03. The van der Waals surface area contributed by atoms with Gasteiger partial charge < -0.3 is 9.72 Å². The van der Waals surface area contributed by atoms with Crippen LogP contribution in [0.25, 0.3) is 21.8 Å².